The summed E-state index contributed by atoms with van der Waals surface area (Å²) >= 11 is 0. The van der Waals surface area contributed by atoms with E-state index in [1.54, 1.807) is 6.07 Å². The van der Waals surface area contributed by atoms with E-state index in [0.29, 0.717) is 63.6 Å². The summed E-state index contributed by atoms with van der Waals surface area (Å²) in [5.41, 5.74) is 0.691. The van der Waals surface area contributed by atoms with Crippen LogP contribution in [0.4, 0.5) is 0 Å². The smallest absolute Gasteiger partial charge is 0.328 e. The van der Waals surface area contributed by atoms with Crippen LogP contribution in [0.2, 0.25) is 0 Å². The van der Waals surface area contributed by atoms with Crippen molar-refractivity contribution in [3.8, 4) is 0 Å². The summed E-state index contributed by atoms with van der Waals surface area (Å²) in [5.74, 6) is -0.341. The molecular formula is C20H24N2O5. The van der Waals surface area contributed by atoms with E-state index >= 15 is 0 Å². The fourth-order valence-electron chi connectivity index (χ4n) is 4.04. The number of amides is 1. The molecule has 0 bridgehead atoms. The molecule has 7 heteroatoms. The van der Waals surface area contributed by atoms with Gasteiger partial charge in [0.2, 0.25) is 5.91 Å². The van der Waals surface area contributed by atoms with Crippen molar-refractivity contribution in [2.45, 2.75) is 18.9 Å². The number of aliphatic carboxylic acids is 1. The molecule has 1 amide bonds. The van der Waals surface area contributed by atoms with Crippen LogP contribution < -0.4 is 0 Å². The summed E-state index contributed by atoms with van der Waals surface area (Å²) in [7, 11) is 0. The first kappa shape index (κ1) is 18.0. The second kappa shape index (κ2) is 7.70. The fourth-order valence-corrected chi connectivity index (χ4v) is 4.04. The Morgan fingerprint density at radius 1 is 1.07 bits per heavy atom. The van der Waals surface area contributed by atoms with Crippen LogP contribution in [0.1, 0.15) is 24.6 Å². The van der Waals surface area contributed by atoms with Crippen molar-refractivity contribution >= 4 is 22.8 Å². The lowest BCUT2D eigenvalue weighted by Gasteiger charge is -2.37. The van der Waals surface area contributed by atoms with Gasteiger partial charge in [-0.3, -0.25) is 14.5 Å². The summed E-state index contributed by atoms with van der Waals surface area (Å²) in [4.78, 5) is 28.4. The largest absolute Gasteiger partial charge is 0.480 e. The number of morpholine rings is 1. The maximum Gasteiger partial charge on any atom is 0.328 e. The van der Waals surface area contributed by atoms with Crippen molar-refractivity contribution in [1.29, 1.82) is 0 Å². The third-order valence-corrected chi connectivity index (χ3v) is 5.51. The van der Waals surface area contributed by atoms with Gasteiger partial charge in [-0.15, -0.1) is 0 Å². The van der Waals surface area contributed by atoms with Crippen molar-refractivity contribution in [3.63, 3.8) is 0 Å². The first-order valence-corrected chi connectivity index (χ1v) is 9.45. The van der Waals surface area contributed by atoms with E-state index in [2.05, 4.69) is 0 Å². The highest BCUT2D eigenvalue weighted by Gasteiger charge is 2.36. The van der Waals surface area contributed by atoms with E-state index in [1.165, 1.54) is 0 Å². The Morgan fingerprint density at radius 2 is 1.78 bits per heavy atom. The molecule has 2 saturated heterocycles. The number of hydrogen-bond acceptors (Lipinski definition) is 5. The summed E-state index contributed by atoms with van der Waals surface area (Å²) in [6.07, 6.45) is 1.33. The molecule has 0 radical (unpaired) electrons. The average Bonchev–Trinajstić information content (AvgIpc) is 3.12. The number of para-hydroxylation sites is 1. The summed E-state index contributed by atoms with van der Waals surface area (Å²) in [5, 5.41) is 10.7. The van der Waals surface area contributed by atoms with Gasteiger partial charge in [-0.05, 0) is 25.0 Å². The number of fused-ring (bicyclic) bond motifs is 1. The van der Waals surface area contributed by atoms with Crippen LogP contribution in [0.25, 0.3) is 11.0 Å². The Balaban J connectivity index is 1.44. The monoisotopic (exact) mass is 372 g/mol. The number of ether oxygens (including phenoxy) is 1. The number of rotatable bonds is 4. The third kappa shape index (κ3) is 3.70. The number of likely N-dealkylation sites (tertiary alicyclic amines) is 1. The van der Waals surface area contributed by atoms with Gasteiger partial charge in [0.15, 0.2) is 6.04 Å². The van der Waals surface area contributed by atoms with Gasteiger partial charge in [0.25, 0.3) is 0 Å². The zero-order valence-electron chi connectivity index (χ0n) is 15.2. The first-order chi connectivity index (χ1) is 13.1. The molecule has 2 fully saturated rings. The van der Waals surface area contributed by atoms with E-state index in [9.17, 15) is 14.7 Å². The van der Waals surface area contributed by atoms with Crippen molar-refractivity contribution < 1.29 is 23.8 Å². The van der Waals surface area contributed by atoms with Gasteiger partial charge in [-0.25, -0.2) is 0 Å². The highest BCUT2D eigenvalue weighted by molar-refractivity contribution is 5.82. The van der Waals surface area contributed by atoms with E-state index in [1.807, 2.05) is 34.1 Å². The SMILES string of the molecule is O=C(O)[C@H](c1cc2ccccc2o1)N1CCC(C(=O)N2CCOCC2)CC1. The molecule has 0 spiro atoms. The number of carbonyl (C=O) groups excluding carboxylic acids is 1. The van der Waals surface area contributed by atoms with Crippen LogP contribution in [0.5, 0.6) is 0 Å². The number of benzene rings is 1. The average molecular weight is 372 g/mol. The molecule has 0 unspecified atom stereocenters. The molecule has 1 aromatic heterocycles. The molecule has 0 aliphatic carbocycles. The van der Waals surface area contributed by atoms with Gasteiger partial charge in [-0.2, -0.15) is 0 Å². The fraction of sp³-hybridized carbons (Fsp3) is 0.500. The maximum atomic E-state index is 12.7. The Bertz CT molecular complexity index is 786. The van der Waals surface area contributed by atoms with Gasteiger partial charge in [0.05, 0.1) is 13.2 Å². The zero-order valence-corrected chi connectivity index (χ0v) is 15.2. The molecular weight excluding hydrogens is 348 g/mol. The number of hydrogen-bond donors (Lipinski definition) is 1. The molecule has 2 aliphatic rings. The van der Waals surface area contributed by atoms with Crippen LogP contribution in [-0.4, -0.2) is 66.2 Å². The standard InChI is InChI=1S/C20H24N2O5/c23-19(22-9-11-26-12-10-22)14-5-7-21(8-6-14)18(20(24)25)17-13-15-3-1-2-4-16(15)27-17/h1-4,13-14,18H,5-12H2,(H,24,25)/t18-/m0/s1. The van der Waals surface area contributed by atoms with Crippen molar-refractivity contribution in [2.75, 3.05) is 39.4 Å². The highest BCUT2D eigenvalue weighted by atomic mass is 16.5. The normalized spacial score (nSPS) is 20.7. The quantitative estimate of drug-likeness (QED) is 0.885. The predicted octanol–water partition coefficient (Wildman–Crippen LogP) is 2.13. The van der Waals surface area contributed by atoms with E-state index in [-0.39, 0.29) is 11.8 Å². The molecule has 1 aromatic carbocycles. The van der Waals surface area contributed by atoms with E-state index < -0.39 is 12.0 Å². The highest BCUT2D eigenvalue weighted by Crippen LogP contribution is 2.31. The lowest BCUT2D eigenvalue weighted by molar-refractivity contribution is -0.146. The molecule has 4 rings (SSSR count). The van der Waals surface area contributed by atoms with Gasteiger partial charge < -0.3 is 19.2 Å². The molecule has 27 heavy (non-hydrogen) atoms. The van der Waals surface area contributed by atoms with Crippen LogP contribution in [0.3, 0.4) is 0 Å². The Morgan fingerprint density at radius 3 is 2.44 bits per heavy atom. The number of carbonyl (C=O) groups is 2. The second-order valence-corrected chi connectivity index (χ2v) is 7.18. The molecule has 1 N–H and O–H groups in total. The van der Waals surface area contributed by atoms with Gasteiger partial charge in [0, 0.05) is 37.5 Å². The minimum Gasteiger partial charge on any atom is -0.480 e. The number of carboxylic acids is 1. The number of nitrogens with zero attached hydrogens (tertiary/aromatic N) is 2. The maximum absolute atomic E-state index is 12.7. The van der Waals surface area contributed by atoms with Crippen LogP contribution in [0.15, 0.2) is 34.7 Å². The lowest BCUT2D eigenvalue weighted by atomic mass is 9.93. The van der Waals surface area contributed by atoms with E-state index in [0.717, 1.165) is 5.39 Å². The second-order valence-electron chi connectivity index (χ2n) is 7.18. The number of furan rings is 1. The molecule has 1 atom stereocenters. The predicted molar refractivity (Wildman–Crippen MR) is 98.3 cm³/mol. The number of piperidine rings is 1. The molecule has 7 nitrogen and oxygen atoms in total. The first-order valence-electron chi connectivity index (χ1n) is 9.45. The third-order valence-electron chi connectivity index (χ3n) is 5.51. The molecule has 144 valence electrons. The Kier molecular flexibility index (Phi) is 5.13. The van der Waals surface area contributed by atoms with Crippen LogP contribution in [-0.2, 0) is 14.3 Å². The van der Waals surface area contributed by atoms with Gasteiger partial charge >= 0.3 is 5.97 Å². The van der Waals surface area contributed by atoms with Crippen LogP contribution in [0, 0.1) is 5.92 Å². The van der Waals surface area contributed by atoms with Crippen molar-refractivity contribution in [1.82, 2.24) is 9.80 Å². The van der Waals surface area contributed by atoms with Gasteiger partial charge in [-0.1, -0.05) is 18.2 Å². The van der Waals surface area contributed by atoms with Crippen LogP contribution >= 0.6 is 0 Å². The van der Waals surface area contributed by atoms with Crippen molar-refractivity contribution in [3.05, 3.63) is 36.1 Å². The Hall–Kier alpha value is -2.38. The van der Waals surface area contributed by atoms with Gasteiger partial charge in [0.1, 0.15) is 11.3 Å². The lowest BCUT2D eigenvalue weighted by Crippen LogP contribution is -2.47. The topological polar surface area (TPSA) is 83.2 Å². The zero-order chi connectivity index (χ0) is 18.8. The summed E-state index contributed by atoms with van der Waals surface area (Å²) < 4.78 is 11.1. The molecule has 0 saturated carbocycles. The Labute approximate surface area is 157 Å². The van der Waals surface area contributed by atoms with Crippen molar-refractivity contribution in [2.24, 2.45) is 5.92 Å². The summed E-state index contributed by atoms with van der Waals surface area (Å²) in [6, 6.07) is 8.50. The minimum absolute atomic E-state index is 0.0375. The molecule has 3 heterocycles. The van der Waals surface area contributed by atoms with E-state index in [4.69, 9.17) is 9.15 Å². The summed E-state index contributed by atoms with van der Waals surface area (Å²) in [6.45, 7) is 3.62. The molecule has 2 aromatic rings. The molecule has 2 aliphatic heterocycles. The minimum atomic E-state index is -0.924. The number of carboxylic acid groups (broad SMARTS) is 1.